The number of hydrogen-bond acceptors (Lipinski definition) is 6. The summed E-state index contributed by atoms with van der Waals surface area (Å²) in [6, 6.07) is 0. The lowest BCUT2D eigenvalue weighted by molar-refractivity contribution is -0.167. The minimum absolute atomic E-state index is 0.0971. The average Bonchev–Trinajstić information content (AvgIpc) is 3.29. The molecule has 1 atom stereocenters. The summed E-state index contributed by atoms with van der Waals surface area (Å²) in [5.74, 6) is -0.959. The van der Waals surface area contributed by atoms with E-state index in [1.165, 1.54) is 135 Å². The van der Waals surface area contributed by atoms with Gasteiger partial charge in [0.15, 0.2) is 6.10 Å². The smallest absolute Gasteiger partial charge is 0.306 e. The van der Waals surface area contributed by atoms with E-state index in [0.29, 0.717) is 12.8 Å². The van der Waals surface area contributed by atoms with Crippen LogP contribution in [0.3, 0.4) is 0 Å². The highest BCUT2D eigenvalue weighted by Gasteiger charge is 2.19. The first-order valence-electron chi connectivity index (χ1n) is 27.0. The topological polar surface area (TPSA) is 78.9 Å². The SMILES string of the molecule is CC\C=C/C=C\C=C/C=C\CCCCCC(=O)OCC(COC(=O)CCCCCCCCCCCCCCCCCCC)OC(=O)CCCCC/C=C\C=C/CCCCCCCCC. The Bertz CT molecular complexity index is 1210. The summed E-state index contributed by atoms with van der Waals surface area (Å²) in [6.45, 7) is 6.45. The molecule has 368 valence electrons. The molecule has 0 spiro atoms. The van der Waals surface area contributed by atoms with Crippen molar-refractivity contribution in [3.63, 3.8) is 0 Å². The summed E-state index contributed by atoms with van der Waals surface area (Å²) in [6.07, 6.45) is 66.1. The van der Waals surface area contributed by atoms with Crippen molar-refractivity contribution in [2.45, 2.75) is 264 Å². The molecule has 0 N–H and O–H groups in total. The molecule has 0 fully saturated rings. The third kappa shape index (κ3) is 49.9. The third-order valence-electron chi connectivity index (χ3n) is 11.6. The third-order valence-corrected chi connectivity index (χ3v) is 11.6. The van der Waals surface area contributed by atoms with Crippen LogP contribution in [0.25, 0.3) is 0 Å². The van der Waals surface area contributed by atoms with E-state index in [1.807, 2.05) is 36.5 Å². The molecular formula is C58H100O6. The second-order valence-electron chi connectivity index (χ2n) is 17.9. The van der Waals surface area contributed by atoms with Crippen molar-refractivity contribution >= 4 is 17.9 Å². The molecule has 6 nitrogen and oxygen atoms in total. The number of carbonyl (C=O) groups excluding carboxylic acids is 3. The summed E-state index contributed by atoms with van der Waals surface area (Å²) in [4.78, 5) is 38.0. The normalized spacial score (nSPS) is 12.6. The number of rotatable bonds is 48. The van der Waals surface area contributed by atoms with Crippen molar-refractivity contribution in [2.24, 2.45) is 0 Å². The van der Waals surface area contributed by atoms with Crippen molar-refractivity contribution in [1.82, 2.24) is 0 Å². The van der Waals surface area contributed by atoms with Crippen LogP contribution in [0.4, 0.5) is 0 Å². The number of hydrogen-bond donors (Lipinski definition) is 0. The van der Waals surface area contributed by atoms with Gasteiger partial charge in [-0.05, 0) is 64.2 Å². The van der Waals surface area contributed by atoms with E-state index in [9.17, 15) is 14.4 Å². The molecule has 0 amide bonds. The zero-order valence-electron chi connectivity index (χ0n) is 42.0. The van der Waals surface area contributed by atoms with Gasteiger partial charge in [0.25, 0.3) is 0 Å². The minimum atomic E-state index is -0.803. The lowest BCUT2D eigenvalue weighted by Gasteiger charge is -2.18. The van der Waals surface area contributed by atoms with Gasteiger partial charge in [0.05, 0.1) is 0 Å². The van der Waals surface area contributed by atoms with E-state index in [-0.39, 0.29) is 37.5 Å². The predicted molar refractivity (Wildman–Crippen MR) is 274 cm³/mol. The standard InChI is InChI=1S/C58H100O6/c1-4-7-10-13-16-19-22-25-27-29-31-33-36-39-42-45-48-51-57(60)63-54-55(53-62-56(59)50-47-44-41-38-35-32-24-21-18-15-12-9-6-3)64-58(61)52-49-46-43-40-37-34-30-28-26-23-20-17-14-11-8-5-2/h9,12,15,18,21,24,28,30,32,34-35,37,55H,4-8,10-11,13-14,16-17,19-20,22-23,25-27,29,31,33,36,38-54H2,1-3H3/b12-9-,18-15-,24-21-,30-28-,35-32-,37-34-. The first kappa shape index (κ1) is 60.9. The number of allylic oxidation sites excluding steroid dienone is 12. The Morgan fingerprint density at radius 2 is 0.609 bits per heavy atom. The molecule has 0 saturated heterocycles. The van der Waals surface area contributed by atoms with Crippen LogP contribution in [0, 0.1) is 0 Å². The van der Waals surface area contributed by atoms with Crippen molar-refractivity contribution in [3.8, 4) is 0 Å². The predicted octanol–water partition coefficient (Wildman–Crippen LogP) is 17.8. The van der Waals surface area contributed by atoms with Gasteiger partial charge in [-0.15, -0.1) is 0 Å². The van der Waals surface area contributed by atoms with Crippen molar-refractivity contribution in [3.05, 3.63) is 72.9 Å². The second-order valence-corrected chi connectivity index (χ2v) is 17.9. The Morgan fingerprint density at radius 1 is 0.328 bits per heavy atom. The molecule has 0 saturated carbocycles. The van der Waals surface area contributed by atoms with Crippen LogP contribution >= 0.6 is 0 Å². The number of unbranched alkanes of at least 4 members (excludes halogenated alkanes) is 29. The molecule has 0 radical (unpaired) electrons. The zero-order chi connectivity index (χ0) is 46.5. The summed E-state index contributed by atoms with van der Waals surface area (Å²) in [7, 11) is 0. The Hall–Kier alpha value is -3.15. The van der Waals surface area contributed by atoms with Crippen LogP contribution in [0.15, 0.2) is 72.9 Å². The fourth-order valence-electron chi connectivity index (χ4n) is 7.50. The maximum atomic E-state index is 12.8. The summed E-state index contributed by atoms with van der Waals surface area (Å²) >= 11 is 0. The molecule has 0 aliphatic heterocycles. The maximum absolute atomic E-state index is 12.8. The summed E-state index contributed by atoms with van der Waals surface area (Å²) < 4.78 is 16.8. The van der Waals surface area contributed by atoms with Crippen molar-refractivity contribution in [2.75, 3.05) is 13.2 Å². The van der Waals surface area contributed by atoms with Gasteiger partial charge in [-0.2, -0.15) is 0 Å². The Kier molecular flexibility index (Phi) is 49.9. The van der Waals surface area contributed by atoms with Gasteiger partial charge in [0.1, 0.15) is 13.2 Å². The van der Waals surface area contributed by atoms with Gasteiger partial charge in [-0.3, -0.25) is 14.4 Å². The zero-order valence-corrected chi connectivity index (χ0v) is 42.0. The quantitative estimate of drug-likeness (QED) is 0.0262. The van der Waals surface area contributed by atoms with Gasteiger partial charge in [-0.1, -0.05) is 248 Å². The molecule has 0 aliphatic rings. The van der Waals surface area contributed by atoms with E-state index in [2.05, 4.69) is 57.2 Å². The van der Waals surface area contributed by atoms with Crippen LogP contribution < -0.4 is 0 Å². The average molecular weight is 893 g/mol. The second kappa shape index (κ2) is 52.5. The number of carbonyl (C=O) groups is 3. The van der Waals surface area contributed by atoms with E-state index >= 15 is 0 Å². The highest BCUT2D eigenvalue weighted by Crippen LogP contribution is 2.15. The molecule has 0 aromatic heterocycles. The molecular weight excluding hydrogens is 793 g/mol. The molecule has 0 aromatic carbocycles. The molecule has 0 aliphatic carbocycles. The van der Waals surface area contributed by atoms with Crippen LogP contribution in [-0.2, 0) is 28.6 Å². The van der Waals surface area contributed by atoms with E-state index in [1.54, 1.807) is 0 Å². The fraction of sp³-hybridized carbons (Fsp3) is 0.741. The fourth-order valence-corrected chi connectivity index (χ4v) is 7.50. The van der Waals surface area contributed by atoms with Gasteiger partial charge < -0.3 is 14.2 Å². The van der Waals surface area contributed by atoms with Crippen LogP contribution in [0.5, 0.6) is 0 Å². The number of esters is 3. The molecule has 0 bridgehead atoms. The summed E-state index contributed by atoms with van der Waals surface area (Å²) in [5.41, 5.74) is 0. The Balaban J connectivity index is 4.44. The first-order valence-corrected chi connectivity index (χ1v) is 27.0. The van der Waals surface area contributed by atoms with Crippen LogP contribution in [0.1, 0.15) is 258 Å². The Morgan fingerprint density at radius 3 is 0.984 bits per heavy atom. The highest BCUT2D eigenvalue weighted by molar-refractivity contribution is 5.71. The van der Waals surface area contributed by atoms with Crippen molar-refractivity contribution in [1.29, 1.82) is 0 Å². The maximum Gasteiger partial charge on any atom is 0.306 e. The number of ether oxygens (including phenoxy) is 3. The summed E-state index contributed by atoms with van der Waals surface area (Å²) in [5, 5.41) is 0. The Labute approximate surface area is 395 Å². The van der Waals surface area contributed by atoms with Gasteiger partial charge >= 0.3 is 17.9 Å². The largest absolute Gasteiger partial charge is 0.462 e. The molecule has 0 rings (SSSR count). The van der Waals surface area contributed by atoms with Crippen LogP contribution in [0.2, 0.25) is 0 Å². The minimum Gasteiger partial charge on any atom is -0.462 e. The lowest BCUT2D eigenvalue weighted by atomic mass is 10.0. The first-order chi connectivity index (χ1) is 31.5. The van der Waals surface area contributed by atoms with E-state index < -0.39 is 6.10 Å². The molecule has 64 heavy (non-hydrogen) atoms. The molecule has 1 unspecified atom stereocenters. The monoisotopic (exact) mass is 893 g/mol. The molecule has 6 heteroatoms. The van der Waals surface area contributed by atoms with E-state index in [0.717, 1.165) is 83.5 Å². The lowest BCUT2D eigenvalue weighted by Crippen LogP contribution is -2.30. The molecule has 0 heterocycles. The highest BCUT2D eigenvalue weighted by atomic mass is 16.6. The van der Waals surface area contributed by atoms with Crippen LogP contribution in [-0.4, -0.2) is 37.2 Å². The molecule has 0 aromatic rings. The van der Waals surface area contributed by atoms with Crippen molar-refractivity contribution < 1.29 is 28.6 Å². The van der Waals surface area contributed by atoms with Gasteiger partial charge in [0, 0.05) is 19.3 Å². The van der Waals surface area contributed by atoms with E-state index in [4.69, 9.17) is 14.2 Å². The van der Waals surface area contributed by atoms with Gasteiger partial charge in [0.2, 0.25) is 0 Å². The van der Waals surface area contributed by atoms with Gasteiger partial charge in [-0.25, -0.2) is 0 Å².